The van der Waals surface area contributed by atoms with Gasteiger partial charge in [-0.1, -0.05) is 27.7 Å². The molecule has 0 radical (unpaired) electrons. The lowest BCUT2D eigenvalue weighted by Crippen LogP contribution is -2.18. The quantitative estimate of drug-likeness (QED) is 0.438. The summed E-state index contributed by atoms with van der Waals surface area (Å²) >= 11 is 0. The fourth-order valence-electron chi connectivity index (χ4n) is 1.05. The molecule has 0 saturated carbocycles. The minimum atomic E-state index is -0.146. The average molecular weight is 246 g/mol. The van der Waals surface area contributed by atoms with Crippen LogP contribution in [-0.2, 0) is 19.0 Å². The zero-order valence-electron chi connectivity index (χ0n) is 11.5. The molecule has 0 fully saturated rings. The van der Waals surface area contributed by atoms with E-state index in [1.807, 2.05) is 13.8 Å². The van der Waals surface area contributed by atoms with Crippen molar-refractivity contribution in [2.75, 3.05) is 33.0 Å². The number of hydrogen-bond acceptors (Lipinski definition) is 4. The fourth-order valence-corrected chi connectivity index (χ4v) is 1.05. The summed E-state index contributed by atoms with van der Waals surface area (Å²) in [6.07, 6.45) is 0.808. The summed E-state index contributed by atoms with van der Waals surface area (Å²) in [4.78, 5) is 11.3. The molecule has 1 atom stereocenters. The van der Waals surface area contributed by atoms with Gasteiger partial charge in [0.05, 0.1) is 25.7 Å². The Morgan fingerprint density at radius 1 is 1.00 bits per heavy atom. The standard InChI is InChI=1S/C13H26O4/c1-5-12(4)13(14)17-9-8-15-6-7-16-10-11(2)3/h11-12H,5-10H2,1-4H3. The van der Waals surface area contributed by atoms with Gasteiger partial charge in [0.15, 0.2) is 0 Å². The van der Waals surface area contributed by atoms with Gasteiger partial charge in [-0.2, -0.15) is 0 Å². The Labute approximate surface area is 105 Å². The second-order valence-corrected chi connectivity index (χ2v) is 4.56. The maximum absolute atomic E-state index is 11.3. The summed E-state index contributed by atoms with van der Waals surface area (Å²) in [7, 11) is 0. The lowest BCUT2D eigenvalue weighted by Gasteiger charge is -2.10. The van der Waals surface area contributed by atoms with Crippen molar-refractivity contribution in [2.45, 2.75) is 34.1 Å². The minimum Gasteiger partial charge on any atom is -0.463 e. The van der Waals surface area contributed by atoms with Crippen molar-refractivity contribution in [3.63, 3.8) is 0 Å². The lowest BCUT2D eigenvalue weighted by molar-refractivity contribution is -0.149. The third-order valence-electron chi connectivity index (χ3n) is 2.31. The second-order valence-electron chi connectivity index (χ2n) is 4.56. The summed E-state index contributed by atoms with van der Waals surface area (Å²) in [6, 6.07) is 0. The average Bonchev–Trinajstić information content (AvgIpc) is 2.30. The van der Waals surface area contributed by atoms with Crippen molar-refractivity contribution >= 4 is 5.97 Å². The Hall–Kier alpha value is -0.610. The highest BCUT2D eigenvalue weighted by atomic mass is 16.6. The van der Waals surface area contributed by atoms with E-state index in [2.05, 4.69) is 13.8 Å². The molecule has 0 amide bonds. The maximum Gasteiger partial charge on any atom is 0.308 e. The highest BCUT2D eigenvalue weighted by molar-refractivity contribution is 5.71. The van der Waals surface area contributed by atoms with Crippen LogP contribution >= 0.6 is 0 Å². The molecule has 0 aromatic heterocycles. The summed E-state index contributed by atoms with van der Waals surface area (Å²) < 4.78 is 15.7. The predicted octanol–water partition coefficient (Wildman–Crippen LogP) is 2.26. The van der Waals surface area contributed by atoms with Gasteiger partial charge in [0.25, 0.3) is 0 Å². The number of hydrogen-bond donors (Lipinski definition) is 0. The predicted molar refractivity (Wildman–Crippen MR) is 66.9 cm³/mol. The van der Waals surface area contributed by atoms with E-state index in [9.17, 15) is 4.79 Å². The molecular formula is C13H26O4. The maximum atomic E-state index is 11.3. The third-order valence-corrected chi connectivity index (χ3v) is 2.31. The Kier molecular flexibility index (Phi) is 10.2. The van der Waals surface area contributed by atoms with Gasteiger partial charge in [0.1, 0.15) is 6.61 Å². The second kappa shape index (κ2) is 10.5. The molecule has 4 heteroatoms. The van der Waals surface area contributed by atoms with Crippen molar-refractivity contribution in [1.82, 2.24) is 0 Å². The van der Waals surface area contributed by atoms with E-state index >= 15 is 0 Å². The van der Waals surface area contributed by atoms with Crippen LogP contribution in [0.1, 0.15) is 34.1 Å². The van der Waals surface area contributed by atoms with E-state index in [1.54, 1.807) is 0 Å². The monoisotopic (exact) mass is 246 g/mol. The van der Waals surface area contributed by atoms with Gasteiger partial charge < -0.3 is 14.2 Å². The molecule has 0 aromatic carbocycles. The van der Waals surface area contributed by atoms with Crippen LogP contribution in [0.4, 0.5) is 0 Å². The van der Waals surface area contributed by atoms with E-state index in [1.165, 1.54) is 0 Å². The molecule has 0 aliphatic heterocycles. The molecule has 1 unspecified atom stereocenters. The van der Waals surface area contributed by atoms with Crippen LogP contribution in [0.15, 0.2) is 0 Å². The number of carbonyl (C=O) groups is 1. The molecule has 0 aliphatic rings. The van der Waals surface area contributed by atoms with E-state index in [0.717, 1.165) is 13.0 Å². The zero-order chi connectivity index (χ0) is 13.1. The SMILES string of the molecule is CCC(C)C(=O)OCCOCCOCC(C)C. The Balaban J connectivity index is 3.21. The van der Waals surface area contributed by atoms with Crippen LogP contribution in [0.2, 0.25) is 0 Å². The van der Waals surface area contributed by atoms with Gasteiger partial charge in [0.2, 0.25) is 0 Å². The first-order valence-corrected chi connectivity index (χ1v) is 6.40. The third kappa shape index (κ3) is 10.3. The Morgan fingerprint density at radius 2 is 1.59 bits per heavy atom. The van der Waals surface area contributed by atoms with Crippen LogP contribution in [0, 0.1) is 11.8 Å². The molecular weight excluding hydrogens is 220 g/mol. The molecule has 0 aromatic rings. The largest absolute Gasteiger partial charge is 0.463 e. The highest BCUT2D eigenvalue weighted by Crippen LogP contribution is 2.02. The topological polar surface area (TPSA) is 44.8 Å². The summed E-state index contributed by atoms with van der Waals surface area (Å²) in [5, 5.41) is 0. The van der Waals surface area contributed by atoms with Crippen molar-refractivity contribution < 1.29 is 19.0 Å². The minimum absolute atomic E-state index is 0.0237. The number of esters is 1. The van der Waals surface area contributed by atoms with Crippen molar-refractivity contribution in [3.8, 4) is 0 Å². The lowest BCUT2D eigenvalue weighted by atomic mass is 10.1. The van der Waals surface area contributed by atoms with Gasteiger partial charge >= 0.3 is 5.97 Å². The highest BCUT2D eigenvalue weighted by Gasteiger charge is 2.10. The van der Waals surface area contributed by atoms with Crippen molar-refractivity contribution in [2.24, 2.45) is 11.8 Å². The number of rotatable bonds is 10. The fraction of sp³-hybridized carbons (Fsp3) is 0.923. The summed E-state index contributed by atoms with van der Waals surface area (Å²) in [5.41, 5.74) is 0. The molecule has 0 saturated heterocycles. The number of ether oxygens (including phenoxy) is 3. The van der Waals surface area contributed by atoms with Gasteiger partial charge in [-0.25, -0.2) is 0 Å². The van der Waals surface area contributed by atoms with Crippen LogP contribution in [0.5, 0.6) is 0 Å². The molecule has 0 rings (SSSR count). The van der Waals surface area contributed by atoms with Crippen LogP contribution in [-0.4, -0.2) is 39.0 Å². The number of carbonyl (C=O) groups excluding carboxylic acids is 1. The first-order valence-electron chi connectivity index (χ1n) is 6.40. The molecule has 0 bridgehead atoms. The van der Waals surface area contributed by atoms with E-state index < -0.39 is 0 Å². The molecule has 0 heterocycles. The summed E-state index contributed by atoms with van der Waals surface area (Å²) in [5.74, 6) is 0.378. The van der Waals surface area contributed by atoms with Gasteiger partial charge in [-0.05, 0) is 12.3 Å². The molecule has 4 nitrogen and oxygen atoms in total. The normalized spacial score (nSPS) is 12.8. The zero-order valence-corrected chi connectivity index (χ0v) is 11.5. The molecule has 102 valence electrons. The van der Waals surface area contributed by atoms with E-state index in [0.29, 0.717) is 32.3 Å². The van der Waals surface area contributed by atoms with Crippen molar-refractivity contribution in [3.05, 3.63) is 0 Å². The first kappa shape index (κ1) is 16.4. The first-order chi connectivity index (χ1) is 8.07. The van der Waals surface area contributed by atoms with Gasteiger partial charge in [0, 0.05) is 6.61 Å². The Bertz CT molecular complexity index is 192. The van der Waals surface area contributed by atoms with Crippen LogP contribution in [0.25, 0.3) is 0 Å². The Morgan fingerprint density at radius 3 is 2.18 bits per heavy atom. The van der Waals surface area contributed by atoms with Gasteiger partial charge in [-0.15, -0.1) is 0 Å². The van der Waals surface area contributed by atoms with Crippen LogP contribution < -0.4 is 0 Å². The molecule has 0 aliphatic carbocycles. The molecule has 0 spiro atoms. The molecule has 0 N–H and O–H groups in total. The van der Waals surface area contributed by atoms with E-state index in [-0.39, 0.29) is 11.9 Å². The van der Waals surface area contributed by atoms with Crippen LogP contribution in [0.3, 0.4) is 0 Å². The van der Waals surface area contributed by atoms with Gasteiger partial charge in [-0.3, -0.25) is 4.79 Å². The van der Waals surface area contributed by atoms with Crippen molar-refractivity contribution in [1.29, 1.82) is 0 Å². The summed E-state index contributed by atoms with van der Waals surface area (Å²) in [6.45, 7) is 10.7. The molecule has 17 heavy (non-hydrogen) atoms. The smallest absolute Gasteiger partial charge is 0.308 e. The van der Waals surface area contributed by atoms with E-state index in [4.69, 9.17) is 14.2 Å².